The number of rotatable bonds is 4. The predicted molar refractivity (Wildman–Crippen MR) is 48.0 cm³/mol. The molecular formula is C9H12N2O3. The lowest BCUT2D eigenvalue weighted by atomic mass is 10.6. The first-order chi connectivity index (χ1) is 6.79. The molecule has 0 bridgehead atoms. The van der Waals surface area contributed by atoms with Gasteiger partial charge in [-0.1, -0.05) is 0 Å². The van der Waals surface area contributed by atoms with Crippen molar-refractivity contribution in [2.75, 3.05) is 13.7 Å². The summed E-state index contributed by atoms with van der Waals surface area (Å²) in [5.74, 6) is 0.0771. The van der Waals surface area contributed by atoms with E-state index < -0.39 is 5.97 Å². The highest BCUT2D eigenvalue weighted by molar-refractivity contribution is 5.70. The maximum Gasteiger partial charge on any atom is 0.343 e. The van der Waals surface area contributed by atoms with Crippen molar-refractivity contribution in [2.45, 2.75) is 18.9 Å². The molecule has 0 amide bonds. The molecule has 14 heavy (non-hydrogen) atoms. The Morgan fingerprint density at radius 1 is 1.71 bits per heavy atom. The minimum absolute atomic E-state index is 0.0851. The molecule has 1 aliphatic carbocycles. The van der Waals surface area contributed by atoms with Gasteiger partial charge in [0.1, 0.15) is 0 Å². The number of carbonyl (C=O) groups is 1. The molecule has 5 heteroatoms. The van der Waals surface area contributed by atoms with Crippen LogP contribution in [0, 0.1) is 0 Å². The van der Waals surface area contributed by atoms with E-state index in [1.165, 1.54) is 20.0 Å². The monoisotopic (exact) mass is 196 g/mol. The molecule has 0 saturated heterocycles. The number of hydrogen-bond acceptors (Lipinski definition) is 4. The highest BCUT2D eigenvalue weighted by Crippen LogP contribution is 2.34. The van der Waals surface area contributed by atoms with E-state index in [9.17, 15) is 4.79 Å². The molecule has 1 aromatic rings. The molecule has 1 saturated carbocycles. The molecule has 0 N–H and O–H groups in total. The summed E-state index contributed by atoms with van der Waals surface area (Å²) in [6.45, 7) is -0.0851. The molecule has 1 fully saturated rings. The van der Waals surface area contributed by atoms with E-state index in [0.717, 1.165) is 0 Å². The third-order valence-corrected chi connectivity index (χ3v) is 2.07. The van der Waals surface area contributed by atoms with Gasteiger partial charge in [0.15, 0.2) is 6.61 Å². The van der Waals surface area contributed by atoms with Crippen molar-refractivity contribution in [3.63, 3.8) is 0 Å². The van der Waals surface area contributed by atoms with Crippen LogP contribution in [0.2, 0.25) is 0 Å². The maximum absolute atomic E-state index is 10.8. The summed E-state index contributed by atoms with van der Waals surface area (Å²) < 4.78 is 11.4. The normalized spacial score (nSPS) is 15.2. The van der Waals surface area contributed by atoms with Crippen molar-refractivity contribution in [1.29, 1.82) is 0 Å². The molecule has 0 spiro atoms. The van der Waals surface area contributed by atoms with Crippen LogP contribution in [0.3, 0.4) is 0 Å². The number of ether oxygens (including phenoxy) is 2. The second-order valence-electron chi connectivity index (χ2n) is 3.23. The minimum Gasteiger partial charge on any atom is -0.466 e. The fourth-order valence-electron chi connectivity index (χ4n) is 1.13. The van der Waals surface area contributed by atoms with Gasteiger partial charge in [0.05, 0.1) is 13.2 Å². The highest BCUT2D eigenvalue weighted by atomic mass is 16.6. The molecule has 0 radical (unpaired) electrons. The molecule has 0 unspecified atom stereocenters. The van der Waals surface area contributed by atoms with Crippen molar-refractivity contribution >= 4 is 5.97 Å². The van der Waals surface area contributed by atoms with Gasteiger partial charge < -0.3 is 9.47 Å². The molecule has 0 atom stereocenters. The molecule has 5 nitrogen and oxygen atoms in total. The fourth-order valence-corrected chi connectivity index (χ4v) is 1.13. The highest BCUT2D eigenvalue weighted by Gasteiger charge is 2.24. The van der Waals surface area contributed by atoms with E-state index in [0.29, 0.717) is 11.9 Å². The van der Waals surface area contributed by atoms with Crippen LogP contribution in [-0.4, -0.2) is 29.5 Å². The number of aromatic nitrogens is 2. The largest absolute Gasteiger partial charge is 0.466 e. The lowest BCUT2D eigenvalue weighted by molar-refractivity contribution is -0.143. The topological polar surface area (TPSA) is 53.4 Å². The van der Waals surface area contributed by atoms with E-state index in [-0.39, 0.29) is 6.61 Å². The van der Waals surface area contributed by atoms with E-state index in [1.807, 2.05) is 10.9 Å². The van der Waals surface area contributed by atoms with Gasteiger partial charge in [-0.25, -0.2) is 4.79 Å². The van der Waals surface area contributed by atoms with Gasteiger partial charge in [0, 0.05) is 12.3 Å². The van der Waals surface area contributed by atoms with Crippen molar-refractivity contribution < 1.29 is 14.3 Å². The summed E-state index contributed by atoms with van der Waals surface area (Å²) in [5.41, 5.74) is 0. The molecule has 0 aromatic carbocycles. The number of esters is 1. The Morgan fingerprint density at radius 3 is 3.14 bits per heavy atom. The molecule has 1 aromatic heterocycles. The lowest BCUT2D eigenvalue weighted by Crippen LogP contribution is -2.12. The Morgan fingerprint density at radius 2 is 2.50 bits per heavy atom. The zero-order valence-electron chi connectivity index (χ0n) is 7.97. The van der Waals surface area contributed by atoms with Crippen LogP contribution in [-0.2, 0) is 9.53 Å². The van der Waals surface area contributed by atoms with Gasteiger partial charge in [0.25, 0.3) is 0 Å². The van der Waals surface area contributed by atoms with Crippen LogP contribution >= 0.6 is 0 Å². The number of nitrogens with zero attached hydrogens (tertiary/aromatic N) is 2. The molecule has 1 aliphatic rings. The number of carbonyl (C=O) groups excluding carboxylic acids is 1. The van der Waals surface area contributed by atoms with Crippen molar-refractivity contribution in [3.8, 4) is 5.88 Å². The first kappa shape index (κ1) is 9.05. The van der Waals surface area contributed by atoms with Gasteiger partial charge in [-0.05, 0) is 12.8 Å². The van der Waals surface area contributed by atoms with Gasteiger partial charge in [0.2, 0.25) is 5.88 Å². The summed E-state index contributed by atoms with van der Waals surface area (Å²) in [7, 11) is 1.33. The summed E-state index contributed by atoms with van der Waals surface area (Å²) in [5, 5.41) is 4.17. The summed E-state index contributed by atoms with van der Waals surface area (Å²) in [4.78, 5) is 10.8. The van der Waals surface area contributed by atoms with Crippen LogP contribution < -0.4 is 4.74 Å². The third-order valence-electron chi connectivity index (χ3n) is 2.07. The van der Waals surface area contributed by atoms with E-state index in [2.05, 4.69) is 9.84 Å². The number of hydrogen-bond donors (Lipinski definition) is 0. The number of methoxy groups -OCH3 is 1. The Bertz CT molecular complexity index is 331. The maximum atomic E-state index is 10.8. The molecule has 76 valence electrons. The van der Waals surface area contributed by atoms with Gasteiger partial charge in [-0.15, -0.1) is 5.10 Å². The summed E-state index contributed by atoms with van der Waals surface area (Å²) >= 11 is 0. The quantitative estimate of drug-likeness (QED) is 0.667. The molecule has 0 aliphatic heterocycles. The Balaban J connectivity index is 1.86. The second-order valence-corrected chi connectivity index (χ2v) is 3.23. The summed E-state index contributed by atoms with van der Waals surface area (Å²) in [6, 6.07) is 2.28. The third kappa shape index (κ3) is 2.04. The average molecular weight is 196 g/mol. The van der Waals surface area contributed by atoms with E-state index >= 15 is 0 Å². The van der Waals surface area contributed by atoms with Crippen molar-refractivity contribution in [2.24, 2.45) is 0 Å². The fraction of sp³-hybridized carbons (Fsp3) is 0.556. The first-order valence-electron chi connectivity index (χ1n) is 4.54. The Hall–Kier alpha value is -1.52. The zero-order chi connectivity index (χ0) is 9.97. The Kier molecular flexibility index (Phi) is 2.39. The van der Waals surface area contributed by atoms with Crippen LogP contribution in [0.25, 0.3) is 0 Å². The van der Waals surface area contributed by atoms with Crippen LogP contribution in [0.5, 0.6) is 5.88 Å². The van der Waals surface area contributed by atoms with Crippen LogP contribution in [0.1, 0.15) is 18.9 Å². The van der Waals surface area contributed by atoms with Crippen LogP contribution in [0.4, 0.5) is 0 Å². The van der Waals surface area contributed by atoms with Gasteiger partial charge in [-0.2, -0.15) is 0 Å². The minimum atomic E-state index is -0.397. The first-order valence-corrected chi connectivity index (χ1v) is 4.54. The van der Waals surface area contributed by atoms with Crippen molar-refractivity contribution in [3.05, 3.63) is 12.3 Å². The standard InChI is InChI=1S/C9H12N2O3/c1-13-9(12)6-14-8-4-5-11(10-8)7-2-3-7/h4-5,7H,2-3,6H2,1H3. The van der Waals surface area contributed by atoms with Gasteiger partial charge in [-0.3, -0.25) is 4.68 Å². The van der Waals surface area contributed by atoms with E-state index in [1.54, 1.807) is 6.07 Å². The van der Waals surface area contributed by atoms with Crippen molar-refractivity contribution in [1.82, 2.24) is 9.78 Å². The molecular weight excluding hydrogens is 184 g/mol. The van der Waals surface area contributed by atoms with E-state index in [4.69, 9.17) is 4.74 Å². The Labute approximate surface area is 81.6 Å². The molecule has 2 rings (SSSR count). The van der Waals surface area contributed by atoms with Crippen LogP contribution in [0.15, 0.2) is 12.3 Å². The SMILES string of the molecule is COC(=O)COc1ccn(C2CC2)n1. The lowest BCUT2D eigenvalue weighted by Gasteiger charge is -2.00. The second kappa shape index (κ2) is 3.69. The molecule has 1 heterocycles. The van der Waals surface area contributed by atoms with Gasteiger partial charge >= 0.3 is 5.97 Å². The predicted octanol–water partition coefficient (Wildman–Crippen LogP) is 0.770. The smallest absolute Gasteiger partial charge is 0.343 e. The summed E-state index contributed by atoms with van der Waals surface area (Å²) in [6.07, 6.45) is 4.22. The zero-order valence-corrected chi connectivity index (χ0v) is 7.97. The average Bonchev–Trinajstić information content (AvgIpc) is 2.95.